The van der Waals surface area contributed by atoms with Crippen LogP contribution in [-0.4, -0.2) is 4.92 Å². The molecular formula is C11H15NO2. The van der Waals surface area contributed by atoms with Crippen LogP contribution in [0, 0.1) is 10.1 Å². The number of benzene rings is 1. The van der Waals surface area contributed by atoms with Gasteiger partial charge in [-0.1, -0.05) is 32.4 Å². The number of aryl methyl sites for hydroxylation is 2. The third-order valence-corrected chi connectivity index (χ3v) is 2.27. The van der Waals surface area contributed by atoms with Crippen molar-refractivity contribution in [2.75, 3.05) is 0 Å². The number of rotatable bonds is 4. The lowest BCUT2D eigenvalue weighted by atomic mass is 10.0. The van der Waals surface area contributed by atoms with Gasteiger partial charge in [-0.3, -0.25) is 10.1 Å². The van der Waals surface area contributed by atoms with E-state index < -0.39 is 0 Å². The molecule has 1 aromatic rings. The summed E-state index contributed by atoms with van der Waals surface area (Å²) in [4.78, 5) is 10.5. The summed E-state index contributed by atoms with van der Waals surface area (Å²) in [6.07, 6.45) is 2.56. The monoisotopic (exact) mass is 193 g/mol. The minimum absolute atomic E-state index is 0.270. The molecule has 0 atom stereocenters. The summed E-state index contributed by atoms with van der Waals surface area (Å²) in [5, 5.41) is 10.8. The average molecular weight is 193 g/mol. The SMILES string of the molecule is CCCc1ccc(CC)cc1[N+](=O)[O-]. The van der Waals surface area contributed by atoms with Gasteiger partial charge in [0.25, 0.3) is 5.69 Å². The molecule has 3 heteroatoms. The first-order valence-electron chi connectivity index (χ1n) is 4.95. The van der Waals surface area contributed by atoms with E-state index in [4.69, 9.17) is 0 Å². The minimum Gasteiger partial charge on any atom is -0.258 e. The van der Waals surface area contributed by atoms with Gasteiger partial charge >= 0.3 is 0 Å². The molecule has 0 radical (unpaired) electrons. The summed E-state index contributed by atoms with van der Waals surface area (Å²) >= 11 is 0. The van der Waals surface area contributed by atoms with Crippen molar-refractivity contribution in [3.63, 3.8) is 0 Å². The van der Waals surface area contributed by atoms with Crippen LogP contribution in [0.5, 0.6) is 0 Å². The lowest BCUT2D eigenvalue weighted by Gasteiger charge is -2.03. The van der Waals surface area contributed by atoms with E-state index in [0.29, 0.717) is 0 Å². The largest absolute Gasteiger partial charge is 0.272 e. The summed E-state index contributed by atoms with van der Waals surface area (Å²) < 4.78 is 0. The molecule has 0 N–H and O–H groups in total. The Hall–Kier alpha value is -1.38. The lowest BCUT2D eigenvalue weighted by molar-refractivity contribution is -0.385. The van der Waals surface area contributed by atoms with Crippen LogP contribution in [0.3, 0.4) is 0 Å². The van der Waals surface area contributed by atoms with Gasteiger partial charge in [0.05, 0.1) is 4.92 Å². The third-order valence-electron chi connectivity index (χ3n) is 2.27. The highest BCUT2D eigenvalue weighted by Gasteiger charge is 2.12. The van der Waals surface area contributed by atoms with E-state index in [1.807, 2.05) is 26.0 Å². The van der Waals surface area contributed by atoms with Gasteiger partial charge in [-0.2, -0.15) is 0 Å². The Kier molecular flexibility index (Phi) is 3.63. The van der Waals surface area contributed by atoms with Gasteiger partial charge in [0.15, 0.2) is 0 Å². The van der Waals surface area contributed by atoms with Gasteiger partial charge in [0.1, 0.15) is 0 Å². The van der Waals surface area contributed by atoms with Gasteiger partial charge in [0.2, 0.25) is 0 Å². The van der Waals surface area contributed by atoms with E-state index in [-0.39, 0.29) is 10.6 Å². The standard InChI is InChI=1S/C11H15NO2/c1-3-5-10-7-6-9(4-2)8-11(10)12(13)14/h6-8H,3-5H2,1-2H3. The zero-order valence-corrected chi connectivity index (χ0v) is 8.62. The maximum Gasteiger partial charge on any atom is 0.272 e. The molecule has 0 aromatic heterocycles. The van der Waals surface area contributed by atoms with Crippen molar-refractivity contribution in [1.82, 2.24) is 0 Å². The van der Waals surface area contributed by atoms with E-state index >= 15 is 0 Å². The minimum atomic E-state index is -0.288. The zero-order chi connectivity index (χ0) is 10.6. The number of nitro benzene ring substituents is 1. The molecular weight excluding hydrogens is 178 g/mol. The van der Waals surface area contributed by atoms with Crippen molar-refractivity contribution in [1.29, 1.82) is 0 Å². The summed E-state index contributed by atoms with van der Waals surface area (Å²) in [5.41, 5.74) is 2.14. The maximum absolute atomic E-state index is 10.8. The lowest BCUT2D eigenvalue weighted by Crippen LogP contribution is -1.96. The molecule has 0 heterocycles. The summed E-state index contributed by atoms with van der Waals surface area (Å²) in [6, 6.07) is 5.53. The first-order valence-corrected chi connectivity index (χ1v) is 4.95. The Labute approximate surface area is 83.9 Å². The van der Waals surface area contributed by atoms with Gasteiger partial charge in [-0.15, -0.1) is 0 Å². The number of hydrogen-bond donors (Lipinski definition) is 0. The molecule has 1 aromatic carbocycles. The quantitative estimate of drug-likeness (QED) is 0.544. The van der Waals surface area contributed by atoms with Gasteiger partial charge in [0, 0.05) is 11.6 Å². The normalized spacial score (nSPS) is 10.1. The Balaban J connectivity index is 3.10. The van der Waals surface area contributed by atoms with Crippen LogP contribution < -0.4 is 0 Å². The van der Waals surface area contributed by atoms with Crippen LogP contribution in [0.25, 0.3) is 0 Å². The molecule has 0 saturated carbocycles. The average Bonchev–Trinajstić information content (AvgIpc) is 2.18. The molecule has 0 fully saturated rings. The predicted molar refractivity (Wildman–Crippen MR) is 56.5 cm³/mol. The number of nitrogens with zero attached hydrogens (tertiary/aromatic N) is 1. The Morgan fingerprint density at radius 1 is 1.36 bits per heavy atom. The second-order valence-electron chi connectivity index (χ2n) is 3.32. The van der Waals surface area contributed by atoms with Crippen molar-refractivity contribution >= 4 is 5.69 Å². The second-order valence-corrected chi connectivity index (χ2v) is 3.32. The summed E-state index contributed by atoms with van der Waals surface area (Å²) in [5.74, 6) is 0. The topological polar surface area (TPSA) is 43.1 Å². The highest BCUT2D eigenvalue weighted by atomic mass is 16.6. The first-order chi connectivity index (χ1) is 6.69. The Morgan fingerprint density at radius 3 is 2.57 bits per heavy atom. The number of hydrogen-bond acceptors (Lipinski definition) is 2. The molecule has 0 amide bonds. The van der Waals surface area contributed by atoms with Gasteiger partial charge in [-0.25, -0.2) is 0 Å². The molecule has 3 nitrogen and oxygen atoms in total. The fourth-order valence-corrected chi connectivity index (χ4v) is 1.48. The van der Waals surface area contributed by atoms with Crippen LogP contribution in [-0.2, 0) is 12.8 Å². The highest BCUT2D eigenvalue weighted by Crippen LogP contribution is 2.21. The smallest absolute Gasteiger partial charge is 0.258 e. The van der Waals surface area contributed by atoms with Crippen molar-refractivity contribution < 1.29 is 4.92 Å². The van der Waals surface area contributed by atoms with Crippen molar-refractivity contribution in [3.8, 4) is 0 Å². The molecule has 76 valence electrons. The van der Waals surface area contributed by atoms with Crippen LogP contribution in [0.1, 0.15) is 31.4 Å². The van der Waals surface area contributed by atoms with Crippen molar-refractivity contribution in [2.24, 2.45) is 0 Å². The van der Waals surface area contributed by atoms with Crippen LogP contribution in [0.4, 0.5) is 5.69 Å². The fraction of sp³-hybridized carbons (Fsp3) is 0.455. The maximum atomic E-state index is 10.8. The first kappa shape index (κ1) is 10.7. The Bertz CT molecular complexity index is 334. The summed E-state index contributed by atoms with van der Waals surface area (Å²) in [6.45, 7) is 4.02. The van der Waals surface area contributed by atoms with Crippen LogP contribution in [0.15, 0.2) is 18.2 Å². The van der Waals surface area contributed by atoms with E-state index in [2.05, 4.69) is 0 Å². The molecule has 0 aliphatic rings. The van der Waals surface area contributed by atoms with Crippen LogP contribution >= 0.6 is 0 Å². The molecule has 0 aliphatic heterocycles. The predicted octanol–water partition coefficient (Wildman–Crippen LogP) is 3.11. The molecule has 0 spiro atoms. The van der Waals surface area contributed by atoms with Gasteiger partial charge in [-0.05, 0) is 18.4 Å². The van der Waals surface area contributed by atoms with Gasteiger partial charge < -0.3 is 0 Å². The molecule has 0 unspecified atom stereocenters. The fourth-order valence-electron chi connectivity index (χ4n) is 1.48. The van der Waals surface area contributed by atoms with E-state index in [1.54, 1.807) is 6.07 Å². The molecule has 0 saturated heterocycles. The van der Waals surface area contributed by atoms with Crippen LogP contribution in [0.2, 0.25) is 0 Å². The molecule has 14 heavy (non-hydrogen) atoms. The number of nitro groups is 1. The van der Waals surface area contributed by atoms with E-state index in [1.165, 1.54) is 0 Å². The van der Waals surface area contributed by atoms with Crippen molar-refractivity contribution in [3.05, 3.63) is 39.4 Å². The Morgan fingerprint density at radius 2 is 2.07 bits per heavy atom. The zero-order valence-electron chi connectivity index (χ0n) is 8.62. The molecule has 0 aliphatic carbocycles. The van der Waals surface area contributed by atoms with E-state index in [0.717, 1.165) is 30.4 Å². The highest BCUT2D eigenvalue weighted by molar-refractivity contribution is 5.43. The third kappa shape index (κ3) is 2.31. The molecule has 1 rings (SSSR count). The molecule has 0 bridgehead atoms. The summed E-state index contributed by atoms with van der Waals surface area (Å²) in [7, 11) is 0. The van der Waals surface area contributed by atoms with Crippen molar-refractivity contribution in [2.45, 2.75) is 33.1 Å². The second kappa shape index (κ2) is 4.74. The van der Waals surface area contributed by atoms with E-state index in [9.17, 15) is 10.1 Å².